The Hall–Kier alpha value is -1.34. The predicted octanol–water partition coefficient (Wildman–Crippen LogP) is 0.934. The number of carboxylic acids is 1. The summed E-state index contributed by atoms with van der Waals surface area (Å²) in [6, 6.07) is -0.166. The Kier molecular flexibility index (Phi) is 8.07. The van der Waals surface area contributed by atoms with Gasteiger partial charge in [-0.2, -0.15) is 0 Å². The lowest BCUT2D eigenvalue weighted by atomic mass is 9.92. The number of nitrogens with zero attached hydrogens (tertiary/aromatic N) is 1. The van der Waals surface area contributed by atoms with Crippen molar-refractivity contribution in [2.75, 3.05) is 40.0 Å². The van der Waals surface area contributed by atoms with E-state index < -0.39 is 5.97 Å². The number of piperidine rings is 1. The molecule has 7 heteroatoms. The minimum absolute atomic E-state index is 0.0437. The molecule has 2 amide bonds. The Bertz CT molecular complexity index is 337. The summed E-state index contributed by atoms with van der Waals surface area (Å²) in [5.41, 5.74) is 0. The van der Waals surface area contributed by atoms with E-state index >= 15 is 0 Å². The number of carboxylic acid groups (broad SMARTS) is 1. The van der Waals surface area contributed by atoms with Gasteiger partial charge in [0.2, 0.25) is 0 Å². The lowest BCUT2D eigenvalue weighted by Crippen LogP contribution is -2.50. The molecule has 0 aromatic rings. The van der Waals surface area contributed by atoms with E-state index in [2.05, 4.69) is 5.32 Å². The lowest BCUT2D eigenvalue weighted by Gasteiger charge is -2.36. The molecule has 2 N–H and O–H groups in total. The number of ether oxygens (including phenoxy) is 2. The zero-order chi connectivity index (χ0) is 15.7. The van der Waals surface area contributed by atoms with Crippen molar-refractivity contribution in [1.29, 1.82) is 0 Å². The van der Waals surface area contributed by atoms with Crippen LogP contribution in [0.25, 0.3) is 0 Å². The quantitative estimate of drug-likeness (QED) is 0.651. The second-order valence-electron chi connectivity index (χ2n) is 5.29. The third-order valence-electron chi connectivity index (χ3n) is 3.66. The van der Waals surface area contributed by atoms with Gasteiger partial charge in [0.05, 0.1) is 19.1 Å². The van der Waals surface area contributed by atoms with Crippen LogP contribution in [0.5, 0.6) is 0 Å². The average Bonchev–Trinajstić information content (AvgIpc) is 2.45. The summed E-state index contributed by atoms with van der Waals surface area (Å²) in [6.07, 6.45) is 1.78. The Morgan fingerprint density at radius 2 is 2.10 bits per heavy atom. The van der Waals surface area contributed by atoms with Crippen molar-refractivity contribution >= 4 is 12.0 Å². The van der Waals surface area contributed by atoms with E-state index in [-0.39, 0.29) is 18.0 Å². The highest BCUT2D eigenvalue weighted by Gasteiger charge is 2.31. The van der Waals surface area contributed by atoms with Crippen LogP contribution in [0.4, 0.5) is 4.79 Å². The van der Waals surface area contributed by atoms with Crippen molar-refractivity contribution in [3.63, 3.8) is 0 Å². The van der Waals surface area contributed by atoms with Crippen LogP contribution in [0.3, 0.4) is 0 Å². The van der Waals surface area contributed by atoms with Gasteiger partial charge < -0.3 is 24.8 Å². The number of carbonyl (C=O) groups is 2. The van der Waals surface area contributed by atoms with Crippen molar-refractivity contribution in [1.82, 2.24) is 10.2 Å². The number of urea groups is 1. The summed E-state index contributed by atoms with van der Waals surface area (Å²) in [6.45, 7) is 4.65. The molecule has 1 saturated heterocycles. The molecule has 0 aromatic carbocycles. The normalized spacial score (nSPS) is 22.1. The number of nitrogens with one attached hydrogen (secondary N) is 1. The zero-order valence-electron chi connectivity index (χ0n) is 12.8. The maximum Gasteiger partial charge on any atom is 0.317 e. The minimum Gasteiger partial charge on any atom is -0.481 e. The first-order valence-corrected chi connectivity index (χ1v) is 7.40. The molecule has 2 unspecified atom stereocenters. The van der Waals surface area contributed by atoms with E-state index in [1.165, 1.54) is 0 Å². The Morgan fingerprint density at radius 1 is 1.33 bits per heavy atom. The average molecular weight is 302 g/mol. The predicted molar refractivity (Wildman–Crippen MR) is 77.2 cm³/mol. The van der Waals surface area contributed by atoms with Crippen LogP contribution >= 0.6 is 0 Å². The van der Waals surface area contributed by atoms with E-state index in [0.717, 1.165) is 6.42 Å². The molecule has 2 atom stereocenters. The Morgan fingerprint density at radius 3 is 2.71 bits per heavy atom. The second kappa shape index (κ2) is 9.57. The molecule has 1 rings (SSSR count). The van der Waals surface area contributed by atoms with Crippen LogP contribution in [0.15, 0.2) is 0 Å². The van der Waals surface area contributed by atoms with Crippen molar-refractivity contribution < 1.29 is 24.2 Å². The molecule has 21 heavy (non-hydrogen) atoms. The Labute approximate surface area is 125 Å². The van der Waals surface area contributed by atoms with Gasteiger partial charge in [-0.05, 0) is 26.2 Å². The van der Waals surface area contributed by atoms with Crippen LogP contribution in [-0.4, -0.2) is 68.1 Å². The number of hydrogen-bond donors (Lipinski definition) is 2. The lowest BCUT2D eigenvalue weighted by molar-refractivity contribution is -0.143. The van der Waals surface area contributed by atoms with Gasteiger partial charge in [0.1, 0.15) is 0 Å². The van der Waals surface area contributed by atoms with Gasteiger partial charge in [0.25, 0.3) is 0 Å². The molecular weight excluding hydrogens is 276 g/mol. The minimum atomic E-state index is -0.768. The first-order chi connectivity index (χ1) is 10.1. The van der Waals surface area contributed by atoms with Crippen LogP contribution in [0.2, 0.25) is 0 Å². The van der Waals surface area contributed by atoms with Gasteiger partial charge in [-0.3, -0.25) is 4.79 Å². The van der Waals surface area contributed by atoms with E-state index in [0.29, 0.717) is 45.8 Å². The fraction of sp³-hybridized carbons (Fsp3) is 0.857. The molecule has 0 aromatic heterocycles. The van der Waals surface area contributed by atoms with E-state index in [4.69, 9.17) is 14.6 Å². The number of carbonyl (C=O) groups excluding carboxylic acids is 1. The SMILES string of the molecule is COCCOCCCNC(=O)N1CCC(C(=O)O)CC1C. The maximum absolute atomic E-state index is 12.0. The number of amides is 2. The molecule has 1 heterocycles. The van der Waals surface area contributed by atoms with Crippen molar-refractivity contribution in [3.05, 3.63) is 0 Å². The summed E-state index contributed by atoms with van der Waals surface area (Å²) in [4.78, 5) is 24.7. The molecule has 1 aliphatic rings. The summed E-state index contributed by atoms with van der Waals surface area (Å²) < 4.78 is 10.2. The molecule has 7 nitrogen and oxygen atoms in total. The highest BCUT2D eigenvalue weighted by atomic mass is 16.5. The van der Waals surface area contributed by atoms with Gasteiger partial charge in [-0.1, -0.05) is 0 Å². The highest BCUT2D eigenvalue weighted by molar-refractivity contribution is 5.75. The van der Waals surface area contributed by atoms with Crippen LogP contribution < -0.4 is 5.32 Å². The highest BCUT2D eigenvalue weighted by Crippen LogP contribution is 2.22. The van der Waals surface area contributed by atoms with E-state index in [9.17, 15) is 9.59 Å². The standard InChI is InChI=1S/C14H26N2O5/c1-11-10-12(13(17)18)4-6-16(11)14(19)15-5-3-7-21-9-8-20-2/h11-12H,3-10H2,1-2H3,(H,15,19)(H,17,18). The van der Waals surface area contributed by atoms with Crippen molar-refractivity contribution in [3.8, 4) is 0 Å². The maximum atomic E-state index is 12.0. The number of hydrogen-bond acceptors (Lipinski definition) is 4. The number of aliphatic carboxylic acids is 1. The summed E-state index contributed by atoms with van der Waals surface area (Å²) in [7, 11) is 1.62. The van der Waals surface area contributed by atoms with Gasteiger partial charge in [0, 0.05) is 32.8 Å². The first kappa shape index (κ1) is 17.7. The second-order valence-corrected chi connectivity index (χ2v) is 5.29. The third kappa shape index (κ3) is 6.31. The largest absolute Gasteiger partial charge is 0.481 e. The molecule has 0 aliphatic carbocycles. The smallest absolute Gasteiger partial charge is 0.317 e. The Balaban J connectivity index is 2.16. The van der Waals surface area contributed by atoms with Crippen LogP contribution in [0.1, 0.15) is 26.2 Å². The van der Waals surface area contributed by atoms with Crippen molar-refractivity contribution in [2.45, 2.75) is 32.2 Å². The molecule has 1 fully saturated rings. The molecule has 0 saturated carbocycles. The van der Waals surface area contributed by atoms with Crippen LogP contribution in [-0.2, 0) is 14.3 Å². The van der Waals surface area contributed by atoms with Crippen LogP contribution in [0, 0.1) is 5.92 Å². The molecule has 0 bridgehead atoms. The molecule has 0 spiro atoms. The van der Waals surface area contributed by atoms with Gasteiger partial charge in [-0.15, -0.1) is 0 Å². The first-order valence-electron chi connectivity index (χ1n) is 7.40. The summed E-state index contributed by atoms with van der Waals surface area (Å²) in [5, 5.41) is 11.8. The van der Waals surface area contributed by atoms with Gasteiger partial charge >= 0.3 is 12.0 Å². The zero-order valence-corrected chi connectivity index (χ0v) is 12.8. The number of rotatable bonds is 8. The summed E-state index contributed by atoms with van der Waals surface area (Å²) in [5.74, 6) is -1.10. The van der Waals surface area contributed by atoms with Gasteiger partial charge in [-0.25, -0.2) is 4.79 Å². The van der Waals surface area contributed by atoms with Crippen molar-refractivity contribution in [2.24, 2.45) is 5.92 Å². The molecule has 122 valence electrons. The van der Waals surface area contributed by atoms with E-state index in [1.807, 2.05) is 6.92 Å². The fourth-order valence-corrected chi connectivity index (χ4v) is 2.41. The molecular formula is C14H26N2O5. The third-order valence-corrected chi connectivity index (χ3v) is 3.66. The molecule has 1 aliphatic heterocycles. The number of likely N-dealkylation sites (tertiary alicyclic amines) is 1. The topological polar surface area (TPSA) is 88.1 Å². The summed E-state index contributed by atoms with van der Waals surface area (Å²) >= 11 is 0. The fourth-order valence-electron chi connectivity index (χ4n) is 2.41. The monoisotopic (exact) mass is 302 g/mol. The van der Waals surface area contributed by atoms with Gasteiger partial charge in [0.15, 0.2) is 0 Å². The number of methoxy groups -OCH3 is 1. The molecule has 0 radical (unpaired) electrons. The van der Waals surface area contributed by atoms with E-state index in [1.54, 1.807) is 12.0 Å².